The Morgan fingerprint density at radius 1 is 1.35 bits per heavy atom. The zero-order valence-corrected chi connectivity index (χ0v) is 11.8. The molecule has 1 N–H and O–H groups in total. The maximum absolute atomic E-state index is 11.8. The average molecular weight is 274 g/mol. The van der Waals surface area contributed by atoms with Gasteiger partial charge < -0.3 is 14.6 Å². The number of ether oxygens (including phenoxy) is 1. The number of nitrogens with one attached hydrogen (secondary N) is 1. The second kappa shape index (κ2) is 6.23. The topological polar surface area (TPSA) is 64.4 Å². The van der Waals surface area contributed by atoms with E-state index in [1.807, 2.05) is 38.1 Å². The molecule has 2 aromatic rings. The molecule has 106 valence electrons. The maximum atomic E-state index is 11.8. The lowest BCUT2D eigenvalue weighted by Gasteiger charge is -2.09. The summed E-state index contributed by atoms with van der Waals surface area (Å²) in [7, 11) is 0. The second-order valence-corrected chi connectivity index (χ2v) is 4.86. The van der Waals surface area contributed by atoms with Gasteiger partial charge >= 0.3 is 0 Å². The van der Waals surface area contributed by atoms with Crippen LogP contribution in [0.25, 0.3) is 0 Å². The molecule has 5 heteroatoms. The van der Waals surface area contributed by atoms with Gasteiger partial charge in [0.15, 0.2) is 5.82 Å². The summed E-state index contributed by atoms with van der Waals surface area (Å²) in [5, 5.41) is 6.40. The second-order valence-electron chi connectivity index (χ2n) is 4.86. The van der Waals surface area contributed by atoms with E-state index in [0.29, 0.717) is 11.6 Å². The van der Waals surface area contributed by atoms with Crippen LogP contribution in [0.3, 0.4) is 0 Å². The van der Waals surface area contributed by atoms with Crippen LogP contribution in [0.15, 0.2) is 34.9 Å². The molecule has 0 unspecified atom stereocenters. The molecule has 0 aliphatic heterocycles. The zero-order valence-electron chi connectivity index (χ0n) is 11.8. The Hall–Kier alpha value is -2.30. The molecule has 0 radical (unpaired) electrons. The predicted molar refractivity (Wildman–Crippen MR) is 75.8 cm³/mol. The minimum Gasteiger partial charge on any atom is -0.491 e. The van der Waals surface area contributed by atoms with Crippen molar-refractivity contribution < 1.29 is 14.1 Å². The van der Waals surface area contributed by atoms with Crippen LogP contribution in [0.2, 0.25) is 0 Å². The Balaban J connectivity index is 1.91. The van der Waals surface area contributed by atoms with Crippen molar-refractivity contribution in [1.82, 2.24) is 5.16 Å². The molecule has 5 nitrogen and oxygen atoms in total. The van der Waals surface area contributed by atoms with E-state index in [-0.39, 0.29) is 18.4 Å². The minimum atomic E-state index is -0.129. The molecule has 0 saturated carbocycles. The normalized spacial score (nSPS) is 10.6. The summed E-state index contributed by atoms with van der Waals surface area (Å²) in [5.41, 5.74) is 0.916. The van der Waals surface area contributed by atoms with Crippen molar-refractivity contribution in [2.24, 2.45) is 0 Å². The van der Waals surface area contributed by atoms with Crippen molar-refractivity contribution in [1.29, 1.82) is 0 Å². The molecule has 0 bridgehead atoms. The molecule has 20 heavy (non-hydrogen) atoms. The number of benzene rings is 1. The van der Waals surface area contributed by atoms with Crippen molar-refractivity contribution in [2.75, 3.05) is 5.32 Å². The maximum Gasteiger partial charge on any atom is 0.230 e. The number of anilines is 1. The predicted octanol–water partition coefficient (Wildman–Crippen LogP) is 2.95. The Bertz CT molecular complexity index is 573. The highest BCUT2D eigenvalue weighted by molar-refractivity contribution is 5.91. The molecule has 0 aliphatic carbocycles. The van der Waals surface area contributed by atoms with E-state index in [2.05, 4.69) is 10.5 Å². The zero-order chi connectivity index (χ0) is 14.5. The largest absolute Gasteiger partial charge is 0.491 e. The van der Waals surface area contributed by atoms with Crippen molar-refractivity contribution in [3.63, 3.8) is 0 Å². The number of carbonyl (C=O) groups excluding carboxylic acids is 1. The van der Waals surface area contributed by atoms with E-state index in [1.165, 1.54) is 0 Å². The van der Waals surface area contributed by atoms with Crippen LogP contribution in [0, 0.1) is 6.92 Å². The quantitative estimate of drug-likeness (QED) is 0.910. The molecule has 2 rings (SSSR count). The van der Waals surface area contributed by atoms with Gasteiger partial charge in [-0.3, -0.25) is 4.79 Å². The summed E-state index contributed by atoms with van der Waals surface area (Å²) in [5.74, 6) is 1.77. The molecule has 1 aromatic carbocycles. The molecule has 0 fully saturated rings. The minimum absolute atomic E-state index is 0.129. The van der Waals surface area contributed by atoms with Crippen molar-refractivity contribution in [3.05, 3.63) is 41.7 Å². The van der Waals surface area contributed by atoms with Crippen LogP contribution in [-0.2, 0) is 11.2 Å². The van der Waals surface area contributed by atoms with E-state index < -0.39 is 0 Å². The smallest absolute Gasteiger partial charge is 0.230 e. The van der Waals surface area contributed by atoms with E-state index in [9.17, 15) is 4.79 Å². The number of hydrogen-bond donors (Lipinski definition) is 1. The summed E-state index contributed by atoms with van der Waals surface area (Å²) in [6.07, 6.45) is 0.424. The van der Waals surface area contributed by atoms with Gasteiger partial charge in [0.05, 0.1) is 12.5 Å². The van der Waals surface area contributed by atoms with Gasteiger partial charge in [0.25, 0.3) is 0 Å². The summed E-state index contributed by atoms with van der Waals surface area (Å²) >= 11 is 0. The van der Waals surface area contributed by atoms with Gasteiger partial charge in [0.2, 0.25) is 5.91 Å². The molecule has 0 spiro atoms. The SMILES string of the molecule is Cc1cc(NC(=O)Cc2ccc(OC(C)C)cc2)no1. The molecule has 0 aliphatic rings. The highest BCUT2D eigenvalue weighted by Gasteiger charge is 2.07. The van der Waals surface area contributed by atoms with Crippen LogP contribution >= 0.6 is 0 Å². The van der Waals surface area contributed by atoms with Gasteiger partial charge in [-0.15, -0.1) is 0 Å². The molecule has 0 saturated heterocycles. The molecule has 0 atom stereocenters. The Labute approximate surface area is 117 Å². The fraction of sp³-hybridized carbons (Fsp3) is 0.333. The number of aryl methyl sites for hydroxylation is 1. The van der Waals surface area contributed by atoms with Gasteiger partial charge in [-0.1, -0.05) is 17.3 Å². The van der Waals surface area contributed by atoms with Gasteiger partial charge in [-0.2, -0.15) is 0 Å². The van der Waals surface area contributed by atoms with Gasteiger partial charge in [-0.05, 0) is 38.5 Å². The van der Waals surface area contributed by atoms with Crippen LogP contribution in [0.5, 0.6) is 5.75 Å². The van der Waals surface area contributed by atoms with Gasteiger partial charge in [-0.25, -0.2) is 0 Å². The Kier molecular flexibility index (Phi) is 4.40. The average Bonchev–Trinajstić information content (AvgIpc) is 2.76. The fourth-order valence-electron chi connectivity index (χ4n) is 1.76. The van der Waals surface area contributed by atoms with E-state index in [0.717, 1.165) is 11.3 Å². The van der Waals surface area contributed by atoms with E-state index in [1.54, 1.807) is 13.0 Å². The molecular formula is C15H18N2O3. The number of carbonyl (C=O) groups is 1. The number of rotatable bonds is 5. The Morgan fingerprint density at radius 3 is 2.60 bits per heavy atom. The Morgan fingerprint density at radius 2 is 2.05 bits per heavy atom. The standard InChI is InChI=1S/C15H18N2O3/c1-10(2)19-13-6-4-12(5-7-13)9-15(18)16-14-8-11(3)20-17-14/h4-8,10H,9H2,1-3H3,(H,16,17,18). The number of amides is 1. The number of aromatic nitrogens is 1. The van der Waals surface area contributed by atoms with Crippen LogP contribution in [0.4, 0.5) is 5.82 Å². The number of nitrogens with zero attached hydrogens (tertiary/aromatic N) is 1. The van der Waals surface area contributed by atoms with Gasteiger partial charge in [0, 0.05) is 6.07 Å². The first-order chi connectivity index (χ1) is 9.52. The first-order valence-electron chi connectivity index (χ1n) is 6.51. The summed E-state index contributed by atoms with van der Waals surface area (Å²) < 4.78 is 10.4. The van der Waals surface area contributed by atoms with E-state index >= 15 is 0 Å². The van der Waals surface area contributed by atoms with E-state index in [4.69, 9.17) is 9.26 Å². The van der Waals surface area contributed by atoms with Crippen molar-refractivity contribution >= 4 is 11.7 Å². The summed E-state index contributed by atoms with van der Waals surface area (Å²) in [6, 6.07) is 9.17. The number of hydrogen-bond acceptors (Lipinski definition) is 4. The first kappa shape index (κ1) is 14.1. The third-order valence-corrected chi connectivity index (χ3v) is 2.56. The highest BCUT2D eigenvalue weighted by atomic mass is 16.5. The van der Waals surface area contributed by atoms with Crippen LogP contribution < -0.4 is 10.1 Å². The van der Waals surface area contributed by atoms with Gasteiger partial charge in [0.1, 0.15) is 11.5 Å². The van der Waals surface area contributed by atoms with Crippen molar-refractivity contribution in [2.45, 2.75) is 33.3 Å². The fourth-order valence-corrected chi connectivity index (χ4v) is 1.76. The monoisotopic (exact) mass is 274 g/mol. The lowest BCUT2D eigenvalue weighted by molar-refractivity contribution is -0.115. The third-order valence-electron chi connectivity index (χ3n) is 2.56. The summed E-state index contributed by atoms with van der Waals surface area (Å²) in [6.45, 7) is 5.72. The molecule has 1 heterocycles. The lowest BCUT2D eigenvalue weighted by Crippen LogP contribution is -2.14. The first-order valence-corrected chi connectivity index (χ1v) is 6.51. The summed E-state index contributed by atoms with van der Waals surface area (Å²) in [4.78, 5) is 11.8. The molecular weight excluding hydrogens is 256 g/mol. The third kappa shape index (κ3) is 4.12. The molecule has 1 amide bonds. The molecule has 1 aromatic heterocycles. The van der Waals surface area contributed by atoms with Crippen molar-refractivity contribution in [3.8, 4) is 5.75 Å². The van der Waals surface area contributed by atoms with Crippen LogP contribution in [0.1, 0.15) is 25.2 Å². The lowest BCUT2D eigenvalue weighted by atomic mass is 10.1. The van der Waals surface area contributed by atoms with Crippen LogP contribution in [-0.4, -0.2) is 17.2 Å². The highest BCUT2D eigenvalue weighted by Crippen LogP contribution is 2.15.